The van der Waals surface area contributed by atoms with E-state index in [-0.39, 0.29) is 5.92 Å². The van der Waals surface area contributed by atoms with E-state index in [0.717, 1.165) is 11.1 Å². The Morgan fingerprint density at radius 2 is 1.83 bits per heavy atom. The fourth-order valence-corrected chi connectivity index (χ4v) is 2.61. The van der Waals surface area contributed by atoms with Crippen LogP contribution >= 0.6 is 11.6 Å². The van der Waals surface area contributed by atoms with Crippen molar-refractivity contribution in [3.8, 4) is 22.9 Å². The Bertz CT molecular complexity index is 909. The van der Waals surface area contributed by atoms with Crippen molar-refractivity contribution in [1.82, 2.24) is 5.32 Å². The maximum atomic E-state index is 11.9. The molecular formula is C22H23ClN2O4. The SMILES string of the molecule is CC(C)[C@](C)(C#N)NC(=O)COC(=O)COc1ccc(-c2ccccc2)cc1Cl. The van der Waals surface area contributed by atoms with Crippen LogP contribution in [0.1, 0.15) is 20.8 Å². The topological polar surface area (TPSA) is 88.4 Å². The first kappa shape index (κ1) is 22.3. The molecule has 0 fully saturated rings. The molecule has 0 aliphatic rings. The van der Waals surface area contributed by atoms with Crippen molar-refractivity contribution in [3.63, 3.8) is 0 Å². The zero-order valence-corrected chi connectivity index (χ0v) is 17.3. The van der Waals surface area contributed by atoms with E-state index in [9.17, 15) is 14.9 Å². The van der Waals surface area contributed by atoms with Gasteiger partial charge < -0.3 is 14.8 Å². The Morgan fingerprint density at radius 3 is 2.41 bits per heavy atom. The molecule has 1 N–H and O–H groups in total. The van der Waals surface area contributed by atoms with Crippen LogP contribution in [-0.4, -0.2) is 30.6 Å². The molecule has 0 saturated carbocycles. The summed E-state index contributed by atoms with van der Waals surface area (Å²) in [6, 6.07) is 17.0. The molecule has 0 aliphatic heterocycles. The number of ether oxygens (including phenoxy) is 2. The van der Waals surface area contributed by atoms with E-state index in [4.69, 9.17) is 21.1 Å². The van der Waals surface area contributed by atoms with E-state index in [1.807, 2.05) is 50.2 Å². The molecule has 29 heavy (non-hydrogen) atoms. The van der Waals surface area contributed by atoms with Gasteiger partial charge in [-0.2, -0.15) is 5.26 Å². The van der Waals surface area contributed by atoms with Crippen molar-refractivity contribution < 1.29 is 19.1 Å². The summed E-state index contributed by atoms with van der Waals surface area (Å²) in [7, 11) is 0. The second-order valence-electron chi connectivity index (χ2n) is 6.98. The Labute approximate surface area is 175 Å². The van der Waals surface area contributed by atoms with Gasteiger partial charge in [0.15, 0.2) is 13.2 Å². The number of benzene rings is 2. The van der Waals surface area contributed by atoms with E-state index < -0.39 is 30.6 Å². The molecule has 0 spiro atoms. The predicted molar refractivity (Wildman–Crippen MR) is 110 cm³/mol. The number of hydrogen-bond donors (Lipinski definition) is 1. The number of nitrogens with zero attached hydrogens (tertiary/aromatic N) is 1. The van der Waals surface area contributed by atoms with Gasteiger partial charge in [-0.15, -0.1) is 0 Å². The molecule has 0 unspecified atom stereocenters. The first-order chi connectivity index (χ1) is 13.7. The van der Waals surface area contributed by atoms with Crippen molar-refractivity contribution in [2.75, 3.05) is 13.2 Å². The number of nitrogens with one attached hydrogen (secondary N) is 1. The third-order valence-corrected chi connectivity index (χ3v) is 4.83. The van der Waals surface area contributed by atoms with E-state index in [1.54, 1.807) is 19.1 Å². The van der Waals surface area contributed by atoms with Gasteiger partial charge in [0.05, 0.1) is 11.1 Å². The third-order valence-electron chi connectivity index (χ3n) is 4.53. The van der Waals surface area contributed by atoms with Gasteiger partial charge in [0.2, 0.25) is 0 Å². The van der Waals surface area contributed by atoms with Crippen molar-refractivity contribution in [1.29, 1.82) is 5.26 Å². The largest absolute Gasteiger partial charge is 0.480 e. The lowest BCUT2D eigenvalue weighted by molar-refractivity contribution is -0.150. The predicted octanol–water partition coefficient (Wildman–Crippen LogP) is 3.98. The second-order valence-corrected chi connectivity index (χ2v) is 7.38. The summed E-state index contributed by atoms with van der Waals surface area (Å²) < 4.78 is 10.3. The van der Waals surface area contributed by atoms with Crippen molar-refractivity contribution in [2.45, 2.75) is 26.3 Å². The molecule has 0 saturated heterocycles. The summed E-state index contributed by atoms with van der Waals surface area (Å²) in [4.78, 5) is 23.8. The maximum absolute atomic E-state index is 11.9. The Morgan fingerprint density at radius 1 is 1.14 bits per heavy atom. The summed E-state index contributed by atoms with van der Waals surface area (Å²) in [6.07, 6.45) is 0. The third kappa shape index (κ3) is 6.23. The van der Waals surface area contributed by atoms with Crippen LogP contribution in [0, 0.1) is 17.2 Å². The number of amides is 1. The molecule has 152 valence electrons. The number of carbonyl (C=O) groups is 2. The number of halogens is 1. The van der Waals surface area contributed by atoms with Gasteiger partial charge in [-0.1, -0.05) is 61.8 Å². The number of esters is 1. The zero-order valence-electron chi connectivity index (χ0n) is 16.6. The van der Waals surface area contributed by atoms with Crippen LogP contribution in [0.4, 0.5) is 0 Å². The van der Waals surface area contributed by atoms with E-state index in [0.29, 0.717) is 10.8 Å². The lowest BCUT2D eigenvalue weighted by Crippen LogP contribution is -2.50. The van der Waals surface area contributed by atoms with Gasteiger partial charge in [0.1, 0.15) is 11.3 Å². The van der Waals surface area contributed by atoms with Gasteiger partial charge in [-0.05, 0) is 36.1 Å². The average molecular weight is 415 g/mol. The number of nitriles is 1. The highest BCUT2D eigenvalue weighted by molar-refractivity contribution is 6.32. The average Bonchev–Trinajstić information content (AvgIpc) is 2.71. The minimum atomic E-state index is -1.03. The van der Waals surface area contributed by atoms with Gasteiger partial charge in [0, 0.05) is 0 Å². The Hall–Kier alpha value is -3.04. The lowest BCUT2D eigenvalue weighted by atomic mass is 9.90. The van der Waals surface area contributed by atoms with Crippen LogP contribution < -0.4 is 10.1 Å². The van der Waals surface area contributed by atoms with Crippen LogP contribution in [0.15, 0.2) is 48.5 Å². The van der Waals surface area contributed by atoms with Crippen LogP contribution in [0.3, 0.4) is 0 Å². The summed E-state index contributed by atoms with van der Waals surface area (Å²) in [5, 5.41) is 12.1. The summed E-state index contributed by atoms with van der Waals surface area (Å²) in [6.45, 7) is 4.36. The van der Waals surface area contributed by atoms with E-state index in [1.165, 1.54) is 0 Å². The van der Waals surface area contributed by atoms with Crippen LogP contribution in [0.2, 0.25) is 5.02 Å². The zero-order chi connectivity index (χ0) is 21.4. The summed E-state index contributed by atoms with van der Waals surface area (Å²) >= 11 is 6.24. The summed E-state index contributed by atoms with van der Waals surface area (Å²) in [5.41, 5.74) is 0.901. The maximum Gasteiger partial charge on any atom is 0.344 e. The highest BCUT2D eigenvalue weighted by Gasteiger charge is 2.30. The van der Waals surface area contributed by atoms with Crippen LogP contribution in [0.25, 0.3) is 11.1 Å². The van der Waals surface area contributed by atoms with E-state index >= 15 is 0 Å². The van der Waals surface area contributed by atoms with Crippen LogP contribution in [0.5, 0.6) is 5.75 Å². The first-order valence-corrected chi connectivity index (χ1v) is 9.48. The molecule has 6 nitrogen and oxygen atoms in total. The number of carbonyl (C=O) groups excluding carboxylic acids is 2. The Balaban J connectivity index is 1.85. The quantitative estimate of drug-likeness (QED) is 0.660. The molecule has 1 atom stereocenters. The minimum absolute atomic E-state index is 0.100. The van der Waals surface area contributed by atoms with Crippen molar-refractivity contribution >= 4 is 23.5 Å². The smallest absolute Gasteiger partial charge is 0.344 e. The Kier molecular flexibility index (Phi) is 7.63. The number of rotatable bonds is 8. The fraction of sp³-hybridized carbons (Fsp3) is 0.318. The second kappa shape index (κ2) is 9.94. The molecule has 0 aromatic heterocycles. The van der Waals surface area contributed by atoms with Gasteiger partial charge in [-0.3, -0.25) is 4.79 Å². The lowest BCUT2D eigenvalue weighted by Gasteiger charge is -2.27. The standard InChI is InChI=1S/C22H23ClN2O4/c1-15(2)22(3,14-24)25-20(26)12-29-21(27)13-28-19-10-9-17(11-18(19)23)16-7-5-4-6-8-16/h4-11,15H,12-13H2,1-3H3,(H,25,26)/t22-/m0/s1. The molecule has 2 aromatic carbocycles. The summed E-state index contributed by atoms with van der Waals surface area (Å²) in [5.74, 6) is -1.03. The molecule has 0 bridgehead atoms. The molecule has 0 radical (unpaired) electrons. The highest BCUT2D eigenvalue weighted by atomic mass is 35.5. The van der Waals surface area contributed by atoms with E-state index in [2.05, 4.69) is 11.4 Å². The highest BCUT2D eigenvalue weighted by Crippen LogP contribution is 2.30. The molecule has 0 heterocycles. The first-order valence-electron chi connectivity index (χ1n) is 9.11. The molecule has 2 aromatic rings. The monoisotopic (exact) mass is 414 g/mol. The van der Waals surface area contributed by atoms with Gasteiger partial charge in [0.25, 0.3) is 5.91 Å². The molecule has 2 rings (SSSR count). The molecule has 0 aliphatic carbocycles. The van der Waals surface area contributed by atoms with Crippen LogP contribution in [-0.2, 0) is 14.3 Å². The van der Waals surface area contributed by atoms with Gasteiger partial charge >= 0.3 is 5.97 Å². The molecule has 1 amide bonds. The fourth-order valence-electron chi connectivity index (χ4n) is 2.38. The minimum Gasteiger partial charge on any atom is -0.480 e. The van der Waals surface area contributed by atoms with Gasteiger partial charge in [-0.25, -0.2) is 4.79 Å². The van der Waals surface area contributed by atoms with Crippen molar-refractivity contribution in [3.05, 3.63) is 53.6 Å². The molecule has 7 heteroatoms. The normalized spacial score (nSPS) is 12.6. The molecular weight excluding hydrogens is 392 g/mol. The van der Waals surface area contributed by atoms with Crippen molar-refractivity contribution in [2.24, 2.45) is 5.92 Å². The number of hydrogen-bond acceptors (Lipinski definition) is 5.